The fourth-order valence-corrected chi connectivity index (χ4v) is 0.250. The lowest BCUT2D eigenvalue weighted by Crippen LogP contribution is -2.15. The summed E-state index contributed by atoms with van der Waals surface area (Å²) in [5.74, 6) is 2.03. The Hall–Kier alpha value is -0.690. The van der Waals surface area contributed by atoms with Gasteiger partial charge in [0.1, 0.15) is 0 Å². The van der Waals surface area contributed by atoms with E-state index in [0.717, 1.165) is 57.2 Å². The molecule has 516 valence electrons. The van der Waals surface area contributed by atoms with Crippen LogP contribution in [0.4, 0.5) is 0 Å². The lowest BCUT2D eigenvalue weighted by atomic mass is 10.5. The molecule has 0 aromatic carbocycles. The van der Waals surface area contributed by atoms with E-state index < -0.39 is 0 Å². The van der Waals surface area contributed by atoms with Crippen LogP contribution in [-0.2, 0) is 9.47 Å². The maximum atomic E-state index is 7.88. The molecule has 0 radical (unpaired) electrons. The summed E-state index contributed by atoms with van der Waals surface area (Å²) in [6, 6.07) is 0. The van der Waals surface area contributed by atoms with Crippen molar-refractivity contribution in [3.8, 4) is 0 Å². The molecule has 79 heavy (non-hydrogen) atoms. The van der Waals surface area contributed by atoms with Crippen LogP contribution >= 0.6 is 37.9 Å². The first-order chi connectivity index (χ1) is 36.5. The van der Waals surface area contributed by atoms with Gasteiger partial charge in [0.05, 0.1) is 39.3 Å². The second-order valence-corrected chi connectivity index (χ2v) is 12.9. The molecule has 0 bridgehead atoms. The van der Waals surface area contributed by atoms with E-state index in [4.69, 9.17) is 81.0 Å². The average Bonchev–Trinajstić information content (AvgIpc) is 3.46. The number of ether oxygens (including phenoxy) is 2. The molecule has 0 aliphatic heterocycles. The summed E-state index contributed by atoms with van der Waals surface area (Å²) in [5.41, 5.74) is 42.6. The van der Waals surface area contributed by atoms with E-state index in [1.807, 2.05) is 81.9 Å². The predicted molar refractivity (Wildman–Crippen MR) is 370 cm³/mol. The van der Waals surface area contributed by atoms with Gasteiger partial charge >= 0.3 is 0 Å². The average molecular weight is 1240 g/mol. The summed E-state index contributed by atoms with van der Waals surface area (Å²) in [7, 11) is 27.4. The summed E-state index contributed by atoms with van der Waals surface area (Å²) in [6.45, 7) is 23.3. The fraction of sp³-hybridized carbons (Fsp3) is 0.957. The van der Waals surface area contributed by atoms with Gasteiger partial charge in [0.25, 0.3) is 0 Å². The van der Waals surface area contributed by atoms with Gasteiger partial charge in [0.15, 0.2) is 0 Å². The third-order valence-electron chi connectivity index (χ3n) is 3.07. The Balaban J connectivity index is -0.0000000199. The quantitative estimate of drug-likeness (QED) is 0.0501. The van der Waals surface area contributed by atoms with Gasteiger partial charge in [-0.25, -0.2) is 0 Å². The van der Waals surface area contributed by atoms with E-state index in [2.05, 4.69) is 131 Å². The third-order valence-corrected chi connectivity index (χ3v) is 3.53. The van der Waals surface area contributed by atoms with Crippen molar-refractivity contribution in [2.45, 2.75) is 74.7 Å². The predicted octanol–water partition coefficient (Wildman–Crippen LogP) is -2.15. The Labute approximate surface area is 508 Å². The summed E-state index contributed by atoms with van der Waals surface area (Å²) in [5, 5.41) is 80.0. The van der Waals surface area contributed by atoms with Crippen LogP contribution in [0.2, 0.25) is 0 Å². The van der Waals surface area contributed by atoms with Gasteiger partial charge in [-0.1, -0.05) is 48.5 Å². The van der Waals surface area contributed by atoms with Gasteiger partial charge in [-0.15, -0.1) is 0 Å². The SMILES string of the molecule is CCCNC.CCCO.CCCO.CCN.CCN(C)C.CCNC.CCO.CCS.CN.CN.CN(C)C.CNC.CNCN.CNCO.COCN.COCS.N.N.N=CC=N.NCCN.NCCO.NCO.OCCS. The van der Waals surface area contributed by atoms with E-state index in [9.17, 15) is 0 Å². The van der Waals surface area contributed by atoms with Crippen molar-refractivity contribution in [3.05, 3.63) is 0 Å². The maximum absolute atomic E-state index is 7.88. The molecule has 0 rings (SSSR count). The fourth-order valence-electron chi connectivity index (χ4n) is 0.250. The van der Waals surface area contributed by atoms with Gasteiger partial charge < -0.3 is 151 Å². The number of nitrogens with two attached hydrogens (primary N) is 9. The monoisotopic (exact) mass is 1240 g/mol. The summed E-state index contributed by atoms with van der Waals surface area (Å²) >= 11 is 11.2. The second-order valence-electron chi connectivity index (χ2n) is 11.5. The molecule has 0 amide bonds. The number of aliphatic hydroxyl groups excluding tert-OH is 7. The number of nitrogens with zero attached hydrogens (tertiary/aromatic N) is 2. The molecule has 0 atom stereocenters. The molecule has 0 heterocycles. The molecule has 0 aliphatic carbocycles. The number of aliphatic hydroxyl groups is 7. The first-order valence-electron chi connectivity index (χ1n) is 25.1. The van der Waals surface area contributed by atoms with Gasteiger partial charge in [-0.2, -0.15) is 37.9 Å². The van der Waals surface area contributed by atoms with E-state index in [1.165, 1.54) is 20.5 Å². The lowest BCUT2D eigenvalue weighted by molar-refractivity contribution is 0.207. The van der Waals surface area contributed by atoms with Crippen molar-refractivity contribution < 1.29 is 45.2 Å². The molecule has 29 nitrogen and oxygen atoms in total. The van der Waals surface area contributed by atoms with E-state index >= 15 is 0 Å². The largest absolute Gasteiger partial charge is 0.397 e. The minimum Gasteiger partial charge on any atom is -0.397 e. The Morgan fingerprint density at radius 1 is 0.519 bits per heavy atom. The van der Waals surface area contributed by atoms with Gasteiger partial charge in [0.2, 0.25) is 0 Å². The van der Waals surface area contributed by atoms with Crippen LogP contribution in [0.5, 0.6) is 0 Å². The molecule has 0 aromatic heterocycles. The number of rotatable bonds is 14. The zero-order valence-corrected chi connectivity index (χ0v) is 58.7. The van der Waals surface area contributed by atoms with Crippen LogP contribution < -0.4 is 90.5 Å². The standard InChI is InChI=1S/2C4H11N.2C3H9N.2C3H8O.2C2H8N2.C2H4N2.3C2H7NO.2C2H7N.2C2H6OS.C2H6O.C2H6S.CH5NO.2CH5N.2H3N/c1-4-5(2)3;1-3-4-5-2;1-4(2)3;1-3-4-2;2*1-2-3-4;1-4-2-3;2*3-1-2-4;1-4-2-3;1-3-2-4;3-1-2-4;1-3-2;1-2-3;1-3-2-4;3-1-2-4;2*1-2-3;2-1-3;2*1-2;;/h4H2,1-3H3;5H,3-4H2,1-2H3;1-3H3;4H,3H2,1-2H3;3*4H,2-3H2,1H3;1-4H2;1-4H;2-3H2,1H3;3-4H,2H2,1H3;4H,1-3H2;3H,1-2H3;2-3H2,1H3;4H,2H2,1H3;3-4H,1-2H2;2*3H,2H2,1H3;3H,1-2H2;2*2H2,1H3;2*1H3. The molecule has 32 heteroatoms. The first-order valence-corrected chi connectivity index (χ1v) is 27.0. The molecular formula is C47H156N20O9S3. The number of nitrogens with one attached hydrogen (secondary N) is 7. The van der Waals surface area contributed by atoms with Crippen LogP contribution in [0.25, 0.3) is 0 Å². The molecule has 0 saturated heterocycles. The van der Waals surface area contributed by atoms with Crippen LogP contribution in [0.1, 0.15) is 74.7 Å². The van der Waals surface area contributed by atoms with Crippen LogP contribution in [0, 0.1) is 10.8 Å². The molecule has 0 aliphatic rings. The zero-order chi connectivity index (χ0) is 67.1. The Morgan fingerprint density at radius 2 is 0.696 bits per heavy atom. The Bertz CT molecular complexity index is 440. The smallest absolute Gasteiger partial charge is 0.0936 e. The highest BCUT2D eigenvalue weighted by atomic mass is 32.1. The Kier molecular flexibility index (Phi) is 661. The molecule has 38 N–H and O–H groups in total. The van der Waals surface area contributed by atoms with Gasteiger partial charge in [0, 0.05) is 78.5 Å². The topological polar surface area (TPSA) is 579 Å². The van der Waals surface area contributed by atoms with Crippen LogP contribution in [0.3, 0.4) is 0 Å². The molecule has 0 aromatic rings. The lowest BCUT2D eigenvalue weighted by Gasteiger charge is -2.00. The summed E-state index contributed by atoms with van der Waals surface area (Å²) in [4.78, 5) is 4.12. The van der Waals surface area contributed by atoms with Gasteiger partial charge in [-0.05, 0) is 150 Å². The molecule has 0 unspecified atom stereocenters. The highest BCUT2D eigenvalue weighted by molar-refractivity contribution is 7.80. The van der Waals surface area contributed by atoms with Crippen molar-refractivity contribution in [2.24, 2.45) is 51.6 Å². The highest BCUT2D eigenvalue weighted by Crippen LogP contribution is 1.66. The van der Waals surface area contributed by atoms with E-state index in [0.29, 0.717) is 57.9 Å². The number of hydrogen-bond donors (Lipinski definition) is 28. The number of methoxy groups -OCH3 is 2. The third kappa shape index (κ3) is 2140. The highest BCUT2D eigenvalue weighted by Gasteiger charge is 1.72. The minimum atomic E-state index is -0.250. The van der Waals surface area contributed by atoms with Crippen molar-refractivity contribution in [3.63, 3.8) is 0 Å². The van der Waals surface area contributed by atoms with Crippen molar-refractivity contribution >= 4 is 50.3 Å². The van der Waals surface area contributed by atoms with Crippen LogP contribution in [-0.4, -0.2) is 287 Å². The maximum Gasteiger partial charge on any atom is 0.0936 e. The van der Waals surface area contributed by atoms with Crippen molar-refractivity contribution in [1.29, 1.82) is 10.8 Å². The normalized spacial score (nSPS) is 6.94. The molecular weight excluding hydrogens is 1080 g/mol. The zero-order valence-electron chi connectivity index (χ0n) is 56.0. The Morgan fingerprint density at radius 3 is 0.696 bits per heavy atom. The van der Waals surface area contributed by atoms with E-state index in [1.54, 1.807) is 35.2 Å². The first kappa shape index (κ1) is 153. The number of thiol groups is 3. The van der Waals surface area contributed by atoms with Crippen molar-refractivity contribution in [1.82, 2.24) is 48.7 Å². The second kappa shape index (κ2) is 341. The number of hydrogen-bond acceptors (Lipinski definition) is 32. The van der Waals surface area contributed by atoms with Crippen LogP contribution in [0.15, 0.2) is 0 Å². The minimum absolute atomic E-state index is 0. The summed E-state index contributed by atoms with van der Waals surface area (Å²) < 4.78 is 8.73. The van der Waals surface area contributed by atoms with Gasteiger partial charge in [-0.3, -0.25) is 5.32 Å². The van der Waals surface area contributed by atoms with E-state index in [-0.39, 0.29) is 45.6 Å². The summed E-state index contributed by atoms with van der Waals surface area (Å²) in [6.07, 6.45) is 4.82. The molecule has 0 saturated carbocycles. The van der Waals surface area contributed by atoms with Crippen molar-refractivity contribution in [2.75, 3.05) is 229 Å². The molecule has 0 fully saturated rings. The molecule has 0 spiro atoms.